The standard InChI is InChI=1S/C14H18ClNO2/c1-14(13(17)18)9-16(2)8-7-12(14)10-3-5-11(15)6-4-10/h3-6,12H,7-9H2,1-2H3,(H,17,18). The summed E-state index contributed by atoms with van der Waals surface area (Å²) in [5.41, 5.74) is 0.332. The lowest BCUT2D eigenvalue weighted by Gasteiger charge is -2.42. The average molecular weight is 268 g/mol. The SMILES string of the molecule is CN1CCC(c2ccc(Cl)cc2)C(C)(C(=O)O)C1. The number of hydrogen-bond donors (Lipinski definition) is 1. The third-order valence-corrected chi connectivity index (χ3v) is 4.18. The van der Waals surface area contributed by atoms with Gasteiger partial charge in [-0.15, -0.1) is 0 Å². The normalized spacial score (nSPS) is 29.2. The summed E-state index contributed by atoms with van der Waals surface area (Å²) in [7, 11) is 1.97. The summed E-state index contributed by atoms with van der Waals surface area (Å²) in [6.07, 6.45) is 0.862. The number of hydrogen-bond acceptors (Lipinski definition) is 2. The van der Waals surface area contributed by atoms with Gasteiger partial charge in [-0.05, 0) is 44.6 Å². The van der Waals surface area contributed by atoms with Gasteiger partial charge in [0.1, 0.15) is 0 Å². The molecule has 4 heteroatoms. The molecule has 0 aromatic heterocycles. The highest BCUT2D eigenvalue weighted by atomic mass is 35.5. The summed E-state index contributed by atoms with van der Waals surface area (Å²) in [4.78, 5) is 13.7. The summed E-state index contributed by atoms with van der Waals surface area (Å²) >= 11 is 5.88. The maximum Gasteiger partial charge on any atom is 0.311 e. The minimum Gasteiger partial charge on any atom is -0.481 e. The Kier molecular flexibility index (Phi) is 3.64. The second kappa shape index (κ2) is 4.90. The van der Waals surface area contributed by atoms with Gasteiger partial charge in [0.05, 0.1) is 5.41 Å². The monoisotopic (exact) mass is 267 g/mol. The zero-order chi connectivity index (χ0) is 13.3. The van der Waals surface area contributed by atoms with Gasteiger partial charge in [-0.2, -0.15) is 0 Å². The molecule has 1 aromatic carbocycles. The first-order valence-corrected chi connectivity index (χ1v) is 6.48. The Hall–Kier alpha value is -1.06. The van der Waals surface area contributed by atoms with Crippen LogP contribution in [0.15, 0.2) is 24.3 Å². The molecule has 2 unspecified atom stereocenters. The van der Waals surface area contributed by atoms with Gasteiger partial charge in [-0.25, -0.2) is 0 Å². The van der Waals surface area contributed by atoms with Gasteiger partial charge in [0.2, 0.25) is 0 Å². The number of nitrogens with zero attached hydrogens (tertiary/aromatic N) is 1. The van der Waals surface area contributed by atoms with E-state index < -0.39 is 11.4 Å². The van der Waals surface area contributed by atoms with Crippen molar-refractivity contribution in [2.24, 2.45) is 5.41 Å². The topological polar surface area (TPSA) is 40.5 Å². The first-order chi connectivity index (χ1) is 8.43. The van der Waals surface area contributed by atoms with Crippen molar-refractivity contribution in [1.82, 2.24) is 4.90 Å². The second-order valence-corrected chi connectivity index (χ2v) is 5.79. The highest BCUT2D eigenvalue weighted by molar-refractivity contribution is 6.30. The van der Waals surface area contributed by atoms with Crippen LogP contribution >= 0.6 is 11.6 Å². The molecule has 1 N–H and O–H groups in total. The zero-order valence-electron chi connectivity index (χ0n) is 10.7. The molecule has 0 amide bonds. The van der Waals surface area contributed by atoms with Crippen molar-refractivity contribution in [3.63, 3.8) is 0 Å². The van der Waals surface area contributed by atoms with E-state index in [-0.39, 0.29) is 5.92 Å². The number of halogens is 1. The third-order valence-electron chi connectivity index (χ3n) is 3.93. The van der Waals surface area contributed by atoms with E-state index in [4.69, 9.17) is 11.6 Å². The molecule has 1 fully saturated rings. The Morgan fingerprint density at radius 2 is 2.06 bits per heavy atom. The number of likely N-dealkylation sites (tertiary alicyclic amines) is 1. The van der Waals surface area contributed by atoms with Crippen LogP contribution in [0.25, 0.3) is 0 Å². The number of carboxylic acid groups (broad SMARTS) is 1. The van der Waals surface area contributed by atoms with Crippen LogP contribution in [0.4, 0.5) is 0 Å². The molecule has 0 radical (unpaired) electrons. The molecule has 1 heterocycles. The van der Waals surface area contributed by atoms with E-state index in [0.29, 0.717) is 11.6 Å². The number of carbonyl (C=O) groups is 1. The fourth-order valence-corrected chi connectivity index (χ4v) is 2.99. The largest absolute Gasteiger partial charge is 0.481 e. The molecule has 18 heavy (non-hydrogen) atoms. The zero-order valence-corrected chi connectivity index (χ0v) is 11.4. The van der Waals surface area contributed by atoms with Gasteiger partial charge < -0.3 is 10.0 Å². The predicted octanol–water partition coefficient (Wildman–Crippen LogP) is 2.85. The van der Waals surface area contributed by atoms with Gasteiger partial charge in [-0.1, -0.05) is 23.7 Å². The molecule has 0 bridgehead atoms. The van der Waals surface area contributed by atoms with Gasteiger partial charge in [0.25, 0.3) is 0 Å². The molecule has 0 aliphatic carbocycles. The van der Waals surface area contributed by atoms with Crippen LogP contribution in [0, 0.1) is 5.41 Å². The van der Waals surface area contributed by atoms with Crippen LogP contribution in [-0.4, -0.2) is 36.1 Å². The van der Waals surface area contributed by atoms with Gasteiger partial charge >= 0.3 is 5.97 Å². The summed E-state index contributed by atoms with van der Waals surface area (Å²) < 4.78 is 0. The van der Waals surface area contributed by atoms with E-state index in [2.05, 4.69) is 4.90 Å². The minimum absolute atomic E-state index is 0.0449. The predicted molar refractivity (Wildman–Crippen MR) is 72.0 cm³/mol. The van der Waals surface area contributed by atoms with Crippen molar-refractivity contribution in [1.29, 1.82) is 0 Å². The number of carboxylic acids is 1. The average Bonchev–Trinajstić information content (AvgIpc) is 2.30. The van der Waals surface area contributed by atoms with E-state index >= 15 is 0 Å². The van der Waals surface area contributed by atoms with E-state index in [0.717, 1.165) is 18.5 Å². The van der Waals surface area contributed by atoms with Gasteiger partial charge in [0.15, 0.2) is 0 Å². The summed E-state index contributed by atoms with van der Waals surface area (Å²) in [5.74, 6) is -0.683. The quantitative estimate of drug-likeness (QED) is 0.896. The highest BCUT2D eigenvalue weighted by Gasteiger charge is 2.45. The lowest BCUT2D eigenvalue weighted by molar-refractivity contribution is -0.152. The number of piperidine rings is 1. The maximum atomic E-state index is 11.6. The number of aliphatic carboxylic acids is 1. The fourth-order valence-electron chi connectivity index (χ4n) is 2.86. The lowest BCUT2D eigenvalue weighted by atomic mass is 9.69. The van der Waals surface area contributed by atoms with E-state index in [9.17, 15) is 9.90 Å². The van der Waals surface area contributed by atoms with Crippen LogP contribution in [0.5, 0.6) is 0 Å². The van der Waals surface area contributed by atoms with Gasteiger partial charge in [-0.3, -0.25) is 4.79 Å². The molecule has 2 rings (SSSR count). The van der Waals surface area contributed by atoms with Crippen molar-refractivity contribution < 1.29 is 9.90 Å². The highest BCUT2D eigenvalue weighted by Crippen LogP contribution is 2.42. The van der Waals surface area contributed by atoms with Crippen LogP contribution < -0.4 is 0 Å². The summed E-state index contributed by atoms with van der Waals surface area (Å²) in [6.45, 7) is 3.34. The smallest absolute Gasteiger partial charge is 0.311 e. The Balaban J connectivity index is 2.35. The lowest BCUT2D eigenvalue weighted by Crippen LogP contribution is -2.49. The van der Waals surface area contributed by atoms with Crippen LogP contribution in [0.2, 0.25) is 5.02 Å². The molecule has 98 valence electrons. The first-order valence-electron chi connectivity index (χ1n) is 6.11. The summed E-state index contributed by atoms with van der Waals surface area (Å²) in [6, 6.07) is 7.55. The third kappa shape index (κ3) is 2.38. The molecule has 1 aliphatic rings. The van der Waals surface area contributed by atoms with Crippen LogP contribution in [-0.2, 0) is 4.79 Å². The van der Waals surface area contributed by atoms with E-state index in [1.807, 2.05) is 38.2 Å². The molecule has 1 aliphatic heterocycles. The van der Waals surface area contributed by atoms with Crippen molar-refractivity contribution in [3.05, 3.63) is 34.9 Å². The molecule has 0 spiro atoms. The Bertz CT molecular complexity index is 446. The Morgan fingerprint density at radius 1 is 1.44 bits per heavy atom. The van der Waals surface area contributed by atoms with Crippen LogP contribution in [0.1, 0.15) is 24.8 Å². The molecular formula is C14H18ClNO2. The van der Waals surface area contributed by atoms with Crippen molar-refractivity contribution in [2.45, 2.75) is 19.3 Å². The van der Waals surface area contributed by atoms with Crippen molar-refractivity contribution in [3.8, 4) is 0 Å². The molecular weight excluding hydrogens is 250 g/mol. The summed E-state index contributed by atoms with van der Waals surface area (Å²) in [5, 5.41) is 10.2. The fraction of sp³-hybridized carbons (Fsp3) is 0.500. The maximum absolute atomic E-state index is 11.6. The minimum atomic E-state index is -0.735. The van der Waals surface area contributed by atoms with Crippen molar-refractivity contribution >= 4 is 17.6 Å². The Morgan fingerprint density at radius 3 is 2.61 bits per heavy atom. The van der Waals surface area contributed by atoms with E-state index in [1.54, 1.807) is 0 Å². The van der Waals surface area contributed by atoms with Crippen LogP contribution in [0.3, 0.4) is 0 Å². The molecule has 1 aromatic rings. The van der Waals surface area contributed by atoms with Crippen molar-refractivity contribution in [2.75, 3.05) is 20.1 Å². The number of benzene rings is 1. The molecule has 2 atom stereocenters. The Labute approximate surface area is 112 Å². The molecule has 0 saturated carbocycles. The molecule has 3 nitrogen and oxygen atoms in total. The van der Waals surface area contributed by atoms with E-state index in [1.165, 1.54) is 0 Å². The number of rotatable bonds is 2. The molecule has 1 saturated heterocycles. The van der Waals surface area contributed by atoms with Gasteiger partial charge in [0, 0.05) is 17.5 Å². The first kappa shape index (κ1) is 13.4. The second-order valence-electron chi connectivity index (χ2n) is 5.35.